The normalized spacial score (nSPS) is 9.44. The highest BCUT2D eigenvalue weighted by atomic mass is 32.1. The Morgan fingerprint density at radius 3 is 2.56 bits per heavy atom. The van der Waals surface area contributed by atoms with E-state index >= 15 is 0 Å². The fourth-order valence-electron chi connectivity index (χ4n) is 0.541. The van der Waals surface area contributed by atoms with Crippen molar-refractivity contribution in [2.75, 3.05) is 5.73 Å². The van der Waals surface area contributed by atoms with Gasteiger partial charge in [-0.2, -0.15) is 0 Å². The fraction of sp³-hybridized carbons (Fsp3) is 0. The van der Waals surface area contributed by atoms with Gasteiger partial charge in [0.15, 0.2) is 0 Å². The molecule has 0 aliphatic rings. The summed E-state index contributed by atoms with van der Waals surface area (Å²) in [6, 6.07) is 4.93. The van der Waals surface area contributed by atoms with Gasteiger partial charge in [0, 0.05) is 4.90 Å². The van der Waals surface area contributed by atoms with Crippen molar-refractivity contribution in [3.63, 3.8) is 0 Å². The van der Waals surface area contributed by atoms with Gasteiger partial charge in [-0.1, -0.05) is 6.07 Å². The van der Waals surface area contributed by atoms with Gasteiger partial charge in [-0.25, -0.2) is 0 Å². The van der Waals surface area contributed by atoms with E-state index in [4.69, 9.17) is 10.8 Å². The third kappa shape index (κ3) is 1.10. The molecule has 1 aromatic carbocycles. The number of para-hydroxylation sites is 1. The molecule has 0 radical (unpaired) electrons. The van der Waals surface area contributed by atoms with Crippen LogP contribution in [0.1, 0.15) is 0 Å². The molecular formula is C6H7NOS. The lowest BCUT2D eigenvalue weighted by molar-refractivity contribution is 0.477. The molecule has 0 aliphatic heterocycles. The second kappa shape index (κ2) is 2.19. The van der Waals surface area contributed by atoms with E-state index in [0.717, 1.165) is 0 Å². The maximum absolute atomic E-state index is 8.93. The first-order chi connectivity index (χ1) is 4.22. The topological polar surface area (TPSA) is 46.2 Å². The van der Waals surface area contributed by atoms with Gasteiger partial charge in [0.25, 0.3) is 0 Å². The molecule has 0 saturated carbocycles. The summed E-state index contributed by atoms with van der Waals surface area (Å²) < 4.78 is 0. The van der Waals surface area contributed by atoms with Gasteiger partial charge < -0.3 is 10.8 Å². The van der Waals surface area contributed by atoms with Gasteiger partial charge in [0.05, 0.1) is 5.69 Å². The van der Waals surface area contributed by atoms with Gasteiger partial charge in [0.2, 0.25) is 0 Å². The molecule has 1 rings (SSSR count). The number of phenolic OH excluding ortho intramolecular Hbond substituents is 1. The molecule has 0 bridgehead atoms. The standard InChI is InChI=1S/C6H7NOS/c7-6-4(8)2-1-3-5(6)9/h1-3,8-9H,7H2. The predicted molar refractivity (Wildman–Crippen MR) is 39.8 cm³/mol. The van der Waals surface area contributed by atoms with Crippen LogP contribution in [0.3, 0.4) is 0 Å². The maximum Gasteiger partial charge on any atom is 0.139 e. The van der Waals surface area contributed by atoms with Gasteiger partial charge in [-0.15, -0.1) is 12.6 Å². The highest BCUT2D eigenvalue weighted by molar-refractivity contribution is 7.80. The SMILES string of the molecule is Nc1c(O)cccc1S. The molecule has 0 fully saturated rings. The quantitative estimate of drug-likeness (QED) is 0.289. The lowest BCUT2D eigenvalue weighted by atomic mass is 10.3. The Bertz CT molecular complexity index is 204. The first-order valence-electron chi connectivity index (χ1n) is 2.48. The van der Waals surface area contributed by atoms with Crippen LogP contribution in [0.4, 0.5) is 5.69 Å². The molecule has 3 heteroatoms. The van der Waals surface area contributed by atoms with E-state index < -0.39 is 0 Å². The number of benzene rings is 1. The second-order valence-electron chi connectivity index (χ2n) is 1.71. The Kier molecular flexibility index (Phi) is 1.53. The summed E-state index contributed by atoms with van der Waals surface area (Å²) in [5, 5.41) is 8.93. The van der Waals surface area contributed by atoms with Gasteiger partial charge in [-0.05, 0) is 12.1 Å². The van der Waals surface area contributed by atoms with E-state index in [-0.39, 0.29) is 5.75 Å². The number of hydrogen-bond donors (Lipinski definition) is 3. The van der Waals surface area contributed by atoms with Crippen molar-refractivity contribution in [1.82, 2.24) is 0 Å². The molecule has 1 aromatic rings. The second-order valence-corrected chi connectivity index (χ2v) is 2.19. The summed E-state index contributed by atoms with van der Waals surface area (Å²) in [5.41, 5.74) is 5.69. The van der Waals surface area contributed by atoms with Gasteiger partial charge in [0.1, 0.15) is 5.75 Å². The molecule has 0 aromatic heterocycles. The highest BCUT2D eigenvalue weighted by Gasteiger charge is 1.96. The van der Waals surface area contributed by atoms with E-state index in [1.165, 1.54) is 6.07 Å². The van der Waals surface area contributed by atoms with Crippen molar-refractivity contribution in [3.05, 3.63) is 18.2 Å². The predicted octanol–water partition coefficient (Wildman–Crippen LogP) is 1.26. The molecule has 48 valence electrons. The zero-order valence-corrected chi connectivity index (χ0v) is 5.60. The van der Waals surface area contributed by atoms with Crippen LogP contribution < -0.4 is 5.73 Å². The van der Waals surface area contributed by atoms with Crippen molar-refractivity contribution in [2.24, 2.45) is 0 Å². The first kappa shape index (κ1) is 6.29. The lowest BCUT2D eigenvalue weighted by Crippen LogP contribution is -1.85. The van der Waals surface area contributed by atoms with Crippen molar-refractivity contribution >= 4 is 18.3 Å². The Labute approximate surface area is 58.7 Å². The molecular weight excluding hydrogens is 134 g/mol. The summed E-state index contributed by atoms with van der Waals surface area (Å²) in [6.07, 6.45) is 0. The van der Waals surface area contributed by atoms with Crippen LogP contribution in [0, 0.1) is 0 Å². The highest BCUT2D eigenvalue weighted by Crippen LogP contribution is 2.25. The number of phenols is 1. The van der Waals surface area contributed by atoms with Crippen LogP contribution in [-0.2, 0) is 0 Å². The summed E-state index contributed by atoms with van der Waals surface area (Å²) in [6.45, 7) is 0. The molecule has 0 saturated heterocycles. The summed E-state index contributed by atoms with van der Waals surface area (Å²) in [5.74, 6) is 0.0856. The third-order valence-electron chi connectivity index (χ3n) is 1.06. The number of nitrogen functional groups attached to an aromatic ring is 1. The molecule has 0 aliphatic carbocycles. The van der Waals surface area contributed by atoms with E-state index in [1.54, 1.807) is 12.1 Å². The Morgan fingerprint density at radius 1 is 1.44 bits per heavy atom. The minimum absolute atomic E-state index is 0.0856. The average molecular weight is 141 g/mol. The number of hydrogen-bond acceptors (Lipinski definition) is 3. The number of rotatable bonds is 0. The number of nitrogens with two attached hydrogens (primary N) is 1. The molecule has 0 atom stereocenters. The van der Waals surface area contributed by atoms with E-state index in [1.807, 2.05) is 0 Å². The van der Waals surface area contributed by atoms with Crippen LogP contribution in [0.5, 0.6) is 5.75 Å². The summed E-state index contributed by atoms with van der Waals surface area (Å²) in [7, 11) is 0. The third-order valence-corrected chi connectivity index (χ3v) is 1.45. The van der Waals surface area contributed by atoms with Gasteiger partial charge >= 0.3 is 0 Å². The minimum Gasteiger partial charge on any atom is -0.506 e. The van der Waals surface area contributed by atoms with Crippen molar-refractivity contribution < 1.29 is 5.11 Å². The van der Waals surface area contributed by atoms with Crippen LogP contribution >= 0.6 is 12.6 Å². The zero-order chi connectivity index (χ0) is 6.85. The van der Waals surface area contributed by atoms with Crippen LogP contribution in [0.25, 0.3) is 0 Å². The Morgan fingerprint density at radius 2 is 2.11 bits per heavy atom. The van der Waals surface area contributed by atoms with Crippen molar-refractivity contribution in [2.45, 2.75) is 4.90 Å². The Balaban J connectivity index is 3.25. The molecule has 0 spiro atoms. The van der Waals surface area contributed by atoms with Crippen LogP contribution in [-0.4, -0.2) is 5.11 Å². The summed E-state index contributed by atoms with van der Waals surface area (Å²) >= 11 is 3.98. The zero-order valence-electron chi connectivity index (χ0n) is 4.70. The molecule has 9 heavy (non-hydrogen) atoms. The van der Waals surface area contributed by atoms with Crippen molar-refractivity contribution in [3.8, 4) is 5.75 Å². The summed E-state index contributed by atoms with van der Waals surface area (Å²) in [4.78, 5) is 0.606. The maximum atomic E-state index is 8.93. The van der Waals surface area contributed by atoms with E-state index in [2.05, 4.69) is 12.6 Å². The average Bonchev–Trinajstić information content (AvgIpc) is 1.83. The molecule has 0 heterocycles. The molecule has 2 nitrogen and oxygen atoms in total. The van der Waals surface area contributed by atoms with Crippen LogP contribution in [0.15, 0.2) is 23.1 Å². The fourth-order valence-corrected chi connectivity index (χ4v) is 0.742. The van der Waals surface area contributed by atoms with Crippen molar-refractivity contribution in [1.29, 1.82) is 0 Å². The largest absolute Gasteiger partial charge is 0.506 e. The Hall–Kier alpha value is -0.830. The monoisotopic (exact) mass is 141 g/mol. The van der Waals surface area contributed by atoms with E-state index in [0.29, 0.717) is 10.6 Å². The number of thiol groups is 1. The van der Waals surface area contributed by atoms with Gasteiger partial charge in [-0.3, -0.25) is 0 Å². The number of anilines is 1. The first-order valence-corrected chi connectivity index (χ1v) is 2.93. The number of aromatic hydroxyl groups is 1. The molecule has 0 unspecified atom stereocenters. The smallest absolute Gasteiger partial charge is 0.139 e. The minimum atomic E-state index is 0.0856. The van der Waals surface area contributed by atoms with E-state index in [9.17, 15) is 0 Å². The molecule has 0 amide bonds. The van der Waals surface area contributed by atoms with Crippen LogP contribution in [0.2, 0.25) is 0 Å². The lowest BCUT2D eigenvalue weighted by Gasteiger charge is -1.98. The molecule has 3 N–H and O–H groups in total.